The molecule has 0 unspecified atom stereocenters. The molecule has 0 saturated heterocycles. The van der Waals surface area contributed by atoms with Crippen LogP contribution in [0.5, 0.6) is 0 Å². The first-order valence-corrected chi connectivity index (χ1v) is 21.1. The van der Waals surface area contributed by atoms with E-state index in [-0.39, 0.29) is 0 Å². The molecule has 0 radical (unpaired) electrons. The van der Waals surface area contributed by atoms with Crippen LogP contribution in [0.3, 0.4) is 0 Å². The maximum absolute atomic E-state index is 6.44. The molecular formula is C58H36N2O2. The summed E-state index contributed by atoms with van der Waals surface area (Å²) in [6, 6.07) is 78.0. The fourth-order valence-corrected chi connectivity index (χ4v) is 9.74. The highest BCUT2D eigenvalue weighted by Gasteiger charge is 2.21. The highest BCUT2D eigenvalue weighted by molar-refractivity contribution is 6.19. The van der Waals surface area contributed by atoms with Gasteiger partial charge in [0.2, 0.25) is 0 Å². The Hall–Kier alpha value is -8.34. The van der Waals surface area contributed by atoms with Crippen LogP contribution in [0.2, 0.25) is 0 Å². The Balaban J connectivity index is 0.954. The summed E-state index contributed by atoms with van der Waals surface area (Å²) < 4.78 is 15.3. The van der Waals surface area contributed by atoms with Crippen molar-refractivity contribution in [3.63, 3.8) is 0 Å². The van der Waals surface area contributed by atoms with Gasteiger partial charge in [0.1, 0.15) is 22.3 Å². The van der Waals surface area contributed by atoms with Gasteiger partial charge in [-0.15, -0.1) is 0 Å². The predicted octanol–water partition coefficient (Wildman–Crippen LogP) is 16.5. The van der Waals surface area contributed by atoms with E-state index in [9.17, 15) is 0 Å². The zero-order valence-electron chi connectivity index (χ0n) is 33.5. The molecule has 13 aromatic rings. The number of nitrogens with zero attached hydrogens (tertiary/aromatic N) is 2. The Morgan fingerprint density at radius 1 is 0.371 bits per heavy atom. The average molecular weight is 793 g/mol. The fourth-order valence-electron chi connectivity index (χ4n) is 9.74. The van der Waals surface area contributed by atoms with Gasteiger partial charge in [-0.05, 0) is 88.8 Å². The number of anilines is 3. The number of rotatable bonds is 6. The van der Waals surface area contributed by atoms with Crippen molar-refractivity contribution in [3.8, 4) is 27.9 Å². The van der Waals surface area contributed by atoms with Crippen molar-refractivity contribution in [2.75, 3.05) is 4.90 Å². The largest absolute Gasteiger partial charge is 0.456 e. The molecule has 0 atom stereocenters. The molecule has 4 heteroatoms. The van der Waals surface area contributed by atoms with Crippen molar-refractivity contribution in [1.29, 1.82) is 0 Å². The Labute approximate surface area is 356 Å². The summed E-state index contributed by atoms with van der Waals surface area (Å²) in [5, 5.41) is 9.38. The molecule has 0 fully saturated rings. The average Bonchev–Trinajstić information content (AvgIpc) is 4.02. The van der Waals surface area contributed by atoms with E-state index in [1.807, 2.05) is 24.3 Å². The molecule has 0 N–H and O–H groups in total. The zero-order valence-corrected chi connectivity index (χ0v) is 33.5. The Morgan fingerprint density at radius 3 is 1.79 bits per heavy atom. The van der Waals surface area contributed by atoms with Gasteiger partial charge in [0.25, 0.3) is 0 Å². The van der Waals surface area contributed by atoms with Crippen molar-refractivity contribution in [3.05, 3.63) is 218 Å². The molecule has 10 aromatic carbocycles. The summed E-state index contributed by atoms with van der Waals surface area (Å²) in [5.74, 6) is 0. The molecule has 3 aromatic heterocycles. The second kappa shape index (κ2) is 13.6. The topological polar surface area (TPSA) is 34.5 Å². The smallest absolute Gasteiger partial charge is 0.143 e. The monoisotopic (exact) mass is 792 g/mol. The summed E-state index contributed by atoms with van der Waals surface area (Å²) >= 11 is 0. The fraction of sp³-hybridized carbons (Fsp3) is 0. The highest BCUT2D eigenvalue weighted by Crippen LogP contribution is 2.45. The lowest BCUT2D eigenvalue weighted by molar-refractivity contribution is 0.669. The number of fused-ring (bicyclic) bond motifs is 11. The van der Waals surface area contributed by atoms with Crippen molar-refractivity contribution in [2.24, 2.45) is 0 Å². The van der Waals surface area contributed by atoms with Crippen LogP contribution in [0, 0.1) is 0 Å². The van der Waals surface area contributed by atoms with Crippen molar-refractivity contribution in [1.82, 2.24) is 4.57 Å². The first-order chi connectivity index (χ1) is 30.7. The third kappa shape index (κ3) is 5.27. The SMILES string of the molecule is c1ccc(-n2c3cc(-c4ccc(N(c5ccc(-c6cccc7c6oc6ccccc67)cc5)c5cccc6oc7ccccc7c56)cc4)ccc3c3ccc4ccccc4c32)cc1. The Morgan fingerprint density at radius 2 is 0.984 bits per heavy atom. The minimum atomic E-state index is 0.855. The molecule has 0 aliphatic rings. The molecule has 13 rings (SSSR count). The maximum Gasteiger partial charge on any atom is 0.143 e. The minimum absolute atomic E-state index is 0.855. The van der Waals surface area contributed by atoms with Crippen LogP contribution in [-0.4, -0.2) is 4.57 Å². The van der Waals surface area contributed by atoms with Gasteiger partial charge in [0.05, 0.1) is 22.1 Å². The summed E-state index contributed by atoms with van der Waals surface area (Å²) in [6.07, 6.45) is 0. The van der Waals surface area contributed by atoms with Gasteiger partial charge in [-0.2, -0.15) is 0 Å². The molecule has 290 valence electrons. The molecule has 0 spiro atoms. The van der Waals surface area contributed by atoms with Crippen LogP contribution in [0.25, 0.3) is 104 Å². The quantitative estimate of drug-likeness (QED) is 0.168. The molecule has 0 saturated carbocycles. The highest BCUT2D eigenvalue weighted by atomic mass is 16.3. The van der Waals surface area contributed by atoms with Gasteiger partial charge >= 0.3 is 0 Å². The lowest BCUT2D eigenvalue weighted by Gasteiger charge is -2.26. The molecule has 62 heavy (non-hydrogen) atoms. The number of benzene rings is 10. The Bertz CT molecular complexity index is 3850. The summed E-state index contributed by atoms with van der Waals surface area (Å²) in [7, 11) is 0. The molecule has 0 aliphatic heterocycles. The van der Waals surface area contributed by atoms with Crippen LogP contribution in [0.15, 0.2) is 227 Å². The number of para-hydroxylation sites is 4. The van der Waals surface area contributed by atoms with E-state index in [0.717, 1.165) is 88.9 Å². The van der Waals surface area contributed by atoms with Crippen LogP contribution in [0.4, 0.5) is 17.1 Å². The van der Waals surface area contributed by atoms with E-state index in [2.05, 4.69) is 204 Å². The molecule has 3 heterocycles. The first kappa shape index (κ1) is 34.5. The normalized spacial score (nSPS) is 11.9. The van der Waals surface area contributed by atoms with Crippen LogP contribution >= 0.6 is 0 Å². The molecular weight excluding hydrogens is 757 g/mol. The maximum atomic E-state index is 6.44. The number of aromatic nitrogens is 1. The molecule has 0 aliphatic carbocycles. The van der Waals surface area contributed by atoms with E-state index < -0.39 is 0 Å². The van der Waals surface area contributed by atoms with Gasteiger partial charge in [-0.25, -0.2) is 0 Å². The number of hydrogen-bond acceptors (Lipinski definition) is 3. The minimum Gasteiger partial charge on any atom is -0.456 e. The zero-order chi connectivity index (χ0) is 40.7. The van der Waals surface area contributed by atoms with Crippen molar-refractivity contribution < 1.29 is 8.83 Å². The molecule has 4 nitrogen and oxygen atoms in total. The number of furan rings is 2. The molecule has 0 bridgehead atoms. The van der Waals surface area contributed by atoms with Crippen molar-refractivity contribution in [2.45, 2.75) is 0 Å². The second-order valence-corrected chi connectivity index (χ2v) is 16.0. The van der Waals surface area contributed by atoms with Crippen molar-refractivity contribution >= 4 is 93.5 Å². The predicted molar refractivity (Wildman–Crippen MR) is 258 cm³/mol. The lowest BCUT2D eigenvalue weighted by Crippen LogP contribution is -2.10. The van der Waals surface area contributed by atoms with Gasteiger partial charge < -0.3 is 18.3 Å². The summed E-state index contributed by atoms with van der Waals surface area (Å²) in [5.41, 5.74) is 14.7. The second-order valence-electron chi connectivity index (χ2n) is 16.0. The van der Waals surface area contributed by atoms with E-state index in [1.165, 1.54) is 32.6 Å². The lowest BCUT2D eigenvalue weighted by atomic mass is 10.0. The molecule has 0 amide bonds. The third-order valence-electron chi connectivity index (χ3n) is 12.6. The van der Waals surface area contributed by atoms with Crippen LogP contribution in [0.1, 0.15) is 0 Å². The first-order valence-electron chi connectivity index (χ1n) is 21.1. The van der Waals surface area contributed by atoms with Crippen LogP contribution < -0.4 is 4.90 Å². The van der Waals surface area contributed by atoms with Gasteiger partial charge in [0.15, 0.2) is 0 Å². The van der Waals surface area contributed by atoms with Gasteiger partial charge in [0, 0.05) is 54.9 Å². The third-order valence-corrected chi connectivity index (χ3v) is 12.6. The summed E-state index contributed by atoms with van der Waals surface area (Å²) in [4.78, 5) is 2.35. The van der Waals surface area contributed by atoms with E-state index in [1.54, 1.807) is 0 Å². The summed E-state index contributed by atoms with van der Waals surface area (Å²) in [6.45, 7) is 0. The van der Waals surface area contributed by atoms with E-state index in [4.69, 9.17) is 8.83 Å². The Kier molecular flexibility index (Phi) is 7.57. The van der Waals surface area contributed by atoms with E-state index in [0.29, 0.717) is 0 Å². The number of hydrogen-bond donors (Lipinski definition) is 0. The van der Waals surface area contributed by atoms with Crippen LogP contribution in [-0.2, 0) is 0 Å². The van der Waals surface area contributed by atoms with Gasteiger partial charge in [-0.3, -0.25) is 0 Å². The van der Waals surface area contributed by atoms with Gasteiger partial charge in [-0.1, -0.05) is 152 Å². The van der Waals surface area contributed by atoms with E-state index >= 15 is 0 Å². The standard InChI is InChI=1S/C58H36N2O2/c1-2-13-41(14-3-1)60-52-36-40(29-34-46(52)48-35-28-38-12-4-5-15-44(38)57(48)60)37-24-30-42(31-25-37)59(51-20-11-23-55-56(51)50-17-7-9-22-54(50)61-55)43-32-26-39(27-33-43)45-18-10-19-49-47-16-6-8-21-53(47)62-58(45)49/h1-36H.